The lowest BCUT2D eigenvalue weighted by Gasteiger charge is -2.16. The Morgan fingerprint density at radius 1 is 1.12 bits per heavy atom. The van der Waals surface area contributed by atoms with Gasteiger partial charge in [0.2, 0.25) is 0 Å². The molecule has 1 heterocycles. The quantitative estimate of drug-likeness (QED) is 0.769. The van der Waals surface area contributed by atoms with E-state index in [4.69, 9.17) is 4.98 Å². The Morgan fingerprint density at radius 2 is 1.76 bits per heavy atom. The Kier molecular flexibility index (Phi) is 3.63. The fourth-order valence-corrected chi connectivity index (χ4v) is 4.52. The van der Waals surface area contributed by atoms with E-state index in [0.717, 1.165) is 29.8 Å². The monoisotopic (exact) mass is 360 g/mol. The summed E-state index contributed by atoms with van der Waals surface area (Å²) in [6.07, 6.45) is 6.05. The number of benzene rings is 1. The van der Waals surface area contributed by atoms with Crippen molar-refractivity contribution in [1.82, 2.24) is 9.55 Å². The summed E-state index contributed by atoms with van der Waals surface area (Å²) in [5, 5.41) is -0.415. The fourth-order valence-electron chi connectivity index (χ4n) is 3.45. The van der Waals surface area contributed by atoms with Crippen LogP contribution in [0.15, 0.2) is 23.1 Å². The Balaban J connectivity index is 1.80. The minimum absolute atomic E-state index is 0.384. The van der Waals surface area contributed by atoms with Crippen LogP contribution in [0, 0.1) is 10.8 Å². The molecule has 2 aliphatic rings. The second kappa shape index (κ2) is 5.32. The zero-order valence-electron chi connectivity index (χ0n) is 15.7. The highest BCUT2D eigenvalue weighted by molar-refractivity contribution is 7.92. The van der Waals surface area contributed by atoms with Crippen LogP contribution in [0.3, 0.4) is 0 Å². The number of nitrogens with zero attached hydrogens (tertiary/aromatic N) is 2. The lowest BCUT2D eigenvalue weighted by molar-refractivity contribution is 0.443. The molecule has 2 aliphatic carbocycles. The van der Waals surface area contributed by atoms with Crippen molar-refractivity contribution >= 4 is 20.9 Å². The molecule has 5 heteroatoms. The van der Waals surface area contributed by atoms with Crippen molar-refractivity contribution in [3.63, 3.8) is 0 Å². The van der Waals surface area contributed by atoms with Crippen molar-refractivity contribution in [2.45, 2.75) is 76.5 Å². The van der Waals surface area contributed by atoms with Gasteiger partial charge in [0.15, 0.2) is 9.84 Å². The third kappa shape index (κ3) is 3.12. The van der Waals surface area contributed by atoms with E-state index in [0.29, 0.717) is 15.7 Å². The molecule has 0 saturated heterocycles. The first-order chi connectivity index (χ1) is 11.6. The van der Waals surface area contributed by atoms with Gasteiger partial charge in [0.05, 0.1) is 21.2 Å². The molecule has 0 spiro atoms. The second-order valence-electron chi connectivity index (χ2n) is 9.16. The minimum atomic E-state index is -3.27. The number of fused-ring (bicyclic) bond motifs is 1. The molecule has 4 rings (SSSR count). The zero-order chi connectivity index (χ0) is 18.0. The van der Waals surface area contributed by atoms with Gasteiger partial charge in [-0.2, -0.15) is 0 Å². The summed E-state index contributed by atoms with van der Waals surface area (Å²) in [7, 11) is -3.27. The van der Waals surface area contributed by atoms with E-state index in [2.05, 4.69) is 18.4 Å². The van der Waals surface area contributed by atoms with Crippen LogP contribution in [-0.4, -0.2) is 23.2 Å². The molecule has 0 unspecified atom stereocenters. The van der Waals surface area contributed by atoms with E-state index >= 15 is 0 Å². The molecular weight excluding hydrogens is 332 g/mol. The van der Waals surface area contributed by atoms with Crippen LogP contribution in [-0.2, 0) is 22.8 Å². The standard InChI is InChI=1S/C20H28N2O2S/c1-14(2)25(23,24)15-5-6-17-16(11-15)21-18(12-19(3)7-8-19)22(17)13-20(4)9-10-20/h5-6,11,14H,7-10,12-13H2,1-4H3. The Hall–Kier alpha value is -1.36. The van der Waals surface area contributed by atoms with Crippen LogP contribution < -0.4 is 0 Å². The molecule has 2 saturated carbocycles. The maximum Gasteiger partial charge on any atom is 0.180 e. The molecule has 4 nitrogen and oxygen atoms in total. The Bertz CT molecular complexity index is 932. The van der Waals surface area contributed by atoms with E-state index < -0.39 is 15.1 Å². The smallest absolute Gasteiger partial charge is 0.180 e. The van der Waals surface area contributed by atoms with E-state index in [9.17, 15) is 8.42 Å². The van der Waals surface area contributed by atoms with Gasteiger partial charge >= 0.3 is 0 Å². The van der Waals surface area contributed by atoms with Crippen molar-refractivity contribution in [1.29, 1.82) is 0 Å². The number of rotatable bonds is 6. The van der Waals surface area contributed by atoms with Gasteiger partial charge in [-0.3, -0.25) is 0 Å². The molecular formula is C20H28N2O2S. The molecule has 2 aromatic rings. The topological polar surface area (TPSA) is 52.0 Å². The molecule has 25 heavy (non-hydrogen) atoms. The first-order valence-electron chi connectivity index (χ1n) is 9.35. The molecule has 136 valence electrons. The summed E-state index contributed by atoms with van der Waals surface area (Å²) >= 11 is 0. The van der Waals surface area contributed by atoms with E-state index in [1.165, 1.54) is 25.7 Å². The van der Waals surface area contributed by atoms with Gasteiger partial charge in [0.1, 0.15) is 5.82 Å². The lowest BCUT2D eigenvalue weighted by atomic mass is 10.0. The van der Waals surface area contributed by atoms with Crippen LogP contribution in [0.25, 0.3) is 11.0 Å². The van der Waals surface area contributed by atoms with E-state index in [1.807, 2.05) is 6.07 Å². The number of aromatic nitrogens is 2. The summed E-state index contributed by atoms with van der Waals surface area (Å²) < 4.78 is 27.4. The van der Waals surface area contributed by atoms with Crippen molar-refractivity contribution in [3.8, 4) is 0 Å². The molecule has 0 N–H and O–H groups in total. The van der Waals surface area contributed by atoms with Crippen LogP contribution >= 0.6 is 0 Å². The lowest BCUT2D eigenvalue weighted by Crippen LogP contribution is -2.14. The molecule has 1 aromatic heterocycles. The maximum absolute atomic E-state index is 12.5. The fraction of sp³-hybridized carbons (Fsp3) is 0.650. The molecule has 0 amide bonds. The number of imidazole rings is 1. The minimum Gasteiger partial charge on any atom is -0.327 e. The molecule has 2 fully saturated rings. The average molecular weight is 361 g/mol. The Morgan fingerprint density at radius 3 is 2.32 bits per heavy atom. The molecule has 1 aromatic carbocycles. The van der Waals surface area contributed by atoms with Crippen LogP contribution in [0.5, 0.6) is 0 Å². The Labute approximate surface area is 150 Å². The van der Waals surface area contributed by atoms with E-state index in [-0.39, 0.29) is 0 Å². The van der Waals surface area contributed by atoms with Crippen molar-refractivity contribution in [2.24, 2.45) is 10.8 Å². The molecule has 0 aliphatic heterocycles. The highest BCUT2D eigenvalue weighted by Crippen LogP contribution is 2.50. The SMILES string of the molecule is CC(C)S(=O)(=O)c1ccc2c(c1)nc(CC1(C)CC1)n2CC1(C)CC1. The third-order valence-corrected chi connectivity index (χ3v) is 8.23. The number of sulfone groups is 1. The summed E-state index contributed by atoms with van der Waals surface area (Å²) in [5.74, 6) is 1.13. The van der Waals surface area contributed by atoms with Crippen LogP contribution in [0.1, 0.15) is 59.2 Å². The summed E-state index contributed by atoms with van der Waals surface area (Å²) in [5.41, 5.74) is 2.67. The zero-order valence-corrected chi connectivity index (χ0v) is 16.5. The normalized spacial score (nSPS) is 21.0. The summed E-state index contributed by atoms with van der Waals surface area (Å²) in [4.78, 5) is 5.27. The van der Waals surface area contributed by atoms with Gasteiger partial charge in [-0.15, -0.1) is 0 Å². The van der Waals surface area contributed by atoms with Crippen molar-refractivity contribution in [3.05, 3.63) is 24.0 Å². The summed E-state index contributed by atoms with van der Waals surface area (Å²) in [6.45, 7) is 9.10. The second-order valence-corrected chi connectivity index (χ2v) is 11.7. The van der Waals surface area contributed by atoms with Crippen LogP contribution in [0.2, 0.25) is 0 Å². The maximum atomic E-state index is 12.5. The third-order valence-electron chi connectivity index (χ3n) is 6.08. The van der Waals surface area contributed by atoms with Gasteiger partial charge in [-0.1, -0.05) is 13.8 Å². The largest absolute Gasteiger partial charge is 0.327 e. The van der Waals surface area contributed by atoms with Crippen LogP contribution in [0.4, 0.5) is 0 Å². The molecule has 0 bridgehead atoms. The summed E-state index contributed by atoms with van der Waals surface area (Å²) in [6, 6.07) is 5.49. The van der Waals surface area contributed by atoms with Crippen molar-refractivity contribution < 1.29 is 8.42 Å². The highest BCUT2D eigenvalue weighted by Gasteiger charge is 2.41. The van der Waals surface area contributed by atoms with E-state index in [1.54, 1.807) is 26.0 Å². The van der Waals surface area contributed by atoms with Gasteiger partial charge in [-0.05, 0) is 68.6 Å². The molecule has 0 atom stereocenters. The average Bonchev–Trinajstić information content (AvgIpc) is 3.42. The van der Waals surface area contributed by atoms with Gasteiger partial charge in [0, 0.05) is 13.0 Å². The highest BCUT2D eigenvalue weighted by atomic mass is 32.2. The molecule has 0 radical (unpaired) electrons. The predicted molar refractivity (Wildman–Crippen MR) is 100 cm³/mol. The van der Waals surface area contributed by atoms with Gasteiger partial charge in [-0.25, -0.2) is 13.4 Å². The van der Waals surface area contributed by atoms with Crippen molar-refractivity contribution in [2.75, 3.05) is 0 Å². The van der Waals surface area contributed by atoms with Gasteiger partial charge < -0.3 is 4.57 Å². The number of hydrogen-bond donors (Lipinski definition) is 0. The number of hydrogen-bond acceptors (Lipinski definition) is 3. The first-order valence-corrected chi connectivity index (χ1v) is 10.9. The predicted octanol–water partition coefficient (Wildman–Crippen LogP) is 4.36. The van der Waals surface area contributed by atoms with Gasteiger partial charge in [0.25, 0.3) is 0 Å². The first kappa shape index (κ1) is 17.1.